The predicted octanol–water partition coefficient (Wildman–Crippen LogP) is 3.50. The standard InChI is InChI=1S/C30H34N2O4/c1-31(25(34)12-9-19-5-3-2-4-6-19)22-13-14-30(35)24-17-21-10-11-23(33)27-26(21)29(30,28(22)36-27)15-16-32(24)18-20-7-8-20/h2-6,9-12,20,22,24,28,33,35H,7-8,13-18H2,1H3/b12-9+/t22?,24-,28?,29-,30?/m0/s1. The molecule has 2 heterocycles. The number of phenolic OH excluding ortho intramolecular Hbond substituents is 1. The zero-order valence-corrected chi connectivity index (χ0v) is 20.8. The summed E-state index contributed by atoms with van der Waals surface area (Å²) in [5.41, 5.74) is 1.62. The molecule has 2 saturated carbocycles. The Bertz CT molecular complexity index is 1240. The fraction of sp³-hybridized carbons (Fsp3) is 0.500. The van der Waals surface area contributed by atoms with Gasteiger partial charge in [0.15, 0.2) is 11.5 Å². The molecule has 6 nitrogen and oxygen atoms in total. The van der Waals surface area contributed by atoms with E-state index in [0.717, 1.165) is 43.0 Å². The largest absolute Gasteiger partial charge is 0.504 e. The molecule has 0 aromatic heterocycles. The number of aromatic hydroxyl groups is 1. The predicted molar refractivity (Wildman–Crippen MR) is 137 cm³/mol. The molecule has 3 unspecified atom stereocenters. The zero-order valence-electron chi connectivity index (χ0n) is 20.8. The molecule has 188 valence electrons. The van der Waals surface area contributed by atoms with Gasteiger partial charge in [-0.3, -0.25) is 9.69 Å². The van der Waals surface area contributed by atoms with Crippen molar-refractivity contribution in [1.29, 1.82) is 0 Å². The van der Waals surface area contributed by atoms with E-state index in [9.17, 15) is 15.0 Å². The third kappa shape index (κ3) is 3.00. The molecule has 2 bridgehead atoms. The molecule has 1 saturated heterocycles. The first kappa shape index (κ1) is 22.4. The maximum atomic E-state index is 13.3. The molecule has 1 amide bonds. The van der Waals surface area contributed by atoms with Crippen molar-refractivity contribution in [3.63, 3.8) is 0 Å². The fourth-order valence-corrected chi connectivity index (χ4v) is 7.86. The molecule has 5 atom stereocenters. The van der Waals surface area contributed by atoms with Crippen molar-refractivity contribution in [2.24, 2.45) is 5.92 Å². The summed E-state index contributed by atoms with van der Waals surface area (Å²) in [4.78, 5) is 17.6. The van der Waals surface area contributed by atoms with Crippen LogP contribution in [0.4, 0.5) is 0 Å². The lowest BCUT2D eigenvalue weighted by molar-refractivity contribution is -0.200. The third-order valence-electron chi connectivity index (χ3n) is 9.79. The SMILES string of the molecule is CN(C(=O)/C=C/c1ccccc1)C1CCC2(O)[C@@H]3Cc4ccc(O)c5c4[C@@]2(CCN3CC2CC2)C1O5. The number of amides is 1. The number of hydrogen-bond acceptors (Lipinski definition) is 5. The number of likely N-dealkylation sites (tertiary alicyclic amines) is 1. The summed E-state index contributed by atoms with van der Waals surface area (Å²) in [6.07, 6.45) is 8.51. The van der Waals surface area contributed by atoms with Gasteiger partial charge in [-0.15, -0.1) is 0 Å². The minimum absolute atomic E-state index is 0.0425. The number of ether oxygens (including phenoxy) is 1. The molecule has 2 aromatic carbocycles. The molecular formula is C30H34N2O4. The Kier molecular flexibility index (Phi) is 4.87. The Hall–Kier alpha value is -2.83. The second-order valence-electron chi connectivity index (χ2n) is 11.6. The van der Waals surface area contributed by atoms with E-state index in [1.54, 1.807) is 17.0 Å². The number of carbonyl (C=O) groups is 1. The lowest BCUT2D eigenvalue weighted by atomic mass is 9.48. The van der Waals surface area contributed by atoms with E-state index in [0.29, 0.717) is 18.6 Å². The highest BCUT2D eigenvalue weighted by Gasteiger charge is 2.73. The molecule has 3 fully saturated rings. The van der Waals surface area contributed by atoms with E-state index in [2.05, 4.69) is 4.90 Å². The summed E-state index contributed by atoms with van der Waals surface area (Å²) >= 11 is 0. The van der Waals surface area contributed by atoms with E-state index < -0.39 is 11.0 Å². The van der Waals surface area contributed by atoms with Gasteiger partial charge in [-0.05, 0) is 74.3 Å². The summed E-state index contributed by atoms with van der Waals surface area (Å²) in [6, 6.07) is 13.4. The minimum atomic E-state index is -0.933. The van der Waals surface area contributed by atoms with E-state index in [1.165, 1.54) is 18.4 Å². The van der Waals surface area contributed by atoms with Crippen molar-refractivity contribution >= 4 is 12.0 Å². The van der Waals surface area contributed by atoms with E-state index >= 15 is 0 Å². The van der Waals surface area contributed by atoms with Crippen molar-refractivity contribution in [3.8, 4) is 11.5 Å². The number of phenols is 1. The van der Waals surface area contributed by atoms with Gasteiger partial charge in [0.25, 0.3) is 0 Å². The van der Waals surface area contributed by atoms with Crippen LogP contribution in [0.15, 0.2) is 48.5 Å². The number of likely N-dealkylation sites (N-methyl/N-ethyl adjacent to an activating group) is 1. The minimum Gasteiger partial charge on any atom is -0.504 e. The number of piperidine rings is 1. The average molecular weight is 487 g/mol. The summed E-state index contributed by atoms with van der Waals surface area (Å²) in [5.74, 6) is 1.34. The van der Waals surface area contributed by atoms with E-state index in [-0.39, 0.29) is 29.8 Å². The van der Waals surface area contributed by atoms with Crippen LogP contribution in [0.2, 0.25) is 0 Å². The van der Waals surface area contributed by atoms with Crippen molar-refractivity contribution < 1.29 is 19.7 Å². The molecule has 36 heavy (non-hydrogen) atoms. The first-order valence-electron chi connectivity index (χ1n) is 13.4. The van der Waals surface area contributed by atoms with Crippen LogP contribution in [0.25, 0.3) is 6.08 Å². The van der Waals surface area contributed by atoms with Gasteiger partial charge in [0.1, 0.15) is 6.10 Å². The van der Waals surface area contributed by atoms with Crippen LogP contribution in [0.3, 0.4) is 0 Å². The highest BCUT2D eigenvalue weighted by Crippen LogP contribution is 2.66. The van der Waals surface area contributed by atoms with Crippen LogP contribution in [0, 0.1) is 5.92 Å². The summed E-state index contributed by atoms with van der Waals surface area (Å²) in [5, 5.41) is 23.4. The number of benzene rings is 2. The lowest BCUT2D eigenvalue weighted by Crippen LogP contribution is -2.78. The Labute approximate surface area is 212 Å². The number of nitrogens with zero attached hydrogens (tertiary/aromatic N) is 2. The molecule has 0 radical (unpaired) electrons. The molecule has 2 aliphatic heterocycles. The van der Waals surface area contributed by atoms with Crippen molar-refractivity contribution in [2.75, 3.05) is 20.1 Å². The molecule has 3 aliphatic carbocycles. The highest BCUT2D eigenvalue weighted by atomic mass is 16.5. The van der Waals surface area contributed by atoms with Gasteiger partial charge in [-0.1, -0.05) is 36.4 Å². The van der Waals surface area contributed by atoms with Gasteiger partial charge in [0, 0.05) is 31.3 Å². The van der Waals surface area contributed by atoms with Crippen molar-refractivity contribution in [1.82, 2.24) is 9.80 Å². The average Bonchev–Trinajstić information content (AvgIpc) is 3.63. The molecule has 2 aromatic rings. The Morgan fingerprint density at radius 2 is 1.97 bits per heavy atom. The van der Waals surface area contributed by atoms with Crippen LogP contribution in [0.5, 0.6) is 11.5 Å². The Balaban J connectivity index is 1.26. The number of hydrogen-bond donors (Lipinski definition) is 2. The second kappa shape index (κ2) is 7.83. The highest BCUT2D eigenvalue weighted by molar-refractivity contribution is 5.92. The van der Waals surface area contributed by atoms with Gasteiger partial charge >= 0.3 is 0 Å². The second-order valence-corrected chi connectivity index (χ2v) is 11.6. The quantitative estimate of drug-likeness (QED) is 0.633. The number of aliphatic hydroxyl groups is 1. The zero-order chi connectivity index (χ0) is 24.7. The molecule has 2 N–H and O–H groups in total. The van der Waals surface area contributed by atoms with E-state index in [4.69, 9.17) is 4.74 Å². The molecule has 1 spiro atoms. The summed E-state index contributed by atoms with van der Waals surface area (Å²) in [7, 11) is 1.85. The van der Waals surface area contributed by atoms with Crippen LogP contribution in [-0.2, 0) is 16.6 Å². The monoisotopic (exact) mass is 486 g/mol. The first-order chi connectivity index (χ1) is 17.4. The maximum Gasteiger partial charge on any atom is 0.246 e. The first-order valence-corrected chi connectivity index (χ1v) is 13.4. The maximum absolute atomic E-state index is 13.3. The summed E-state index contributed by atoms with van der Waals surface area (Å²) in [6.45, 7) is 1.97. The van der Waals surface area contributed by atoms with Crippen LogP contribution >= 0.6 is 0 Å². The number of carbonyl (C=O) groups excluding carboxylic acids is 1. The Morgan fingerprint density at radius 3 is 2.75 bits per heavy atom. The van der Waals surface area contributed by atoms with Gasteiger partial charge < -0.3 is 19.8 Å². The third-order valence-corrected chi connectivity index (χ3v) is 9.79. The van der Waals surface area contributed by atoms with Crippen LogP contribution in [0.1, 0.15) is 48.8 Å². The van der Waals surface area contributed by atoms with Gasteiger partial charge in [-0.25, -0.2) is 0 Å². The van der Waals surface area contributed by atoms with Crippen LogP contribution < -0.4 is 4.74 Å². The van der Waals surface area contributed by atoms with Crippen LogP contribution in [-0.4, -0.2) is 69.8 Å². The molecule has 7 rings (SSSR count). The van der Waals surface area contributed by atoms with E-state index in [1.807, 2.05) is 49.5 Å². The lowest BCUT2D eigenvalue weighted by Gasteiger charge is -2.64. The van der Waals surface area contributed by atoms with Gasteiger partial charge in [0.2, 0.25) is 5.91 Å². The summed E-state index contributed by atoms with van der Waals surface area (Å²) < 4.78 is 6.60. The number of rotatable bonds is 5. The van der Waals surface area contributed by atoms with Gasteiger partial charge in [-0.2, -0.15) is 0 Å². The molecule has 5 aliphatic rings. The smallest absolute Gasteiger partial charge is 0.246 e. The molecule has 6 heteroatoms. The van der Waals surface area contributed by atoms with Gasteiger partial charge in [0.05, 0.1) is 17.1 Å². The van der Waals surface area contributed by atoms with Crippen molar-refractivity contribution in [2.45, 2.75) is 67.7 Å². The molecular weight excluding hydrogens is 452 g/mol. The van der Waals surface area contributed by atoms with Crippen molar-refractivity contribution in [3.05, 3.63) is 65.2 Å². The Morgan fingerprint density at radius 1 is 1.17 bits per heavy atom. The normalized spacial score (nSPS) is 34.3. The topological polar surface area (TPSA) is 73.2 Å². The fourth-order valence-electron chi connectivity index (χ4n) is 7.86.